The van der Waals surface area contributed by atoms with Gasteiger partial charge < -0.3 is 9.47 Å². The lowest BCUT2D eigenvalue weighted by Gasteiger charge is -2.24. The van der Waals surface area contributed by atoms with E-state index in [0.717, 1.165) is 5.56 Å². The number of hydrogen-bond donors (Lipinski definition) is 1. The average Bonchev–Trinajstić information content (AvgIpc) is 3.19. The molecule has 1 N–H and O–H groups in total. The van der Waals surface area contributed by atoms with Crippen LogP contribution >= 0.6 is 0 Å². The van der Waals surface area contributed by atoms with E-state index in [1.165, 1.54) is 11.1 Å². The van der Waals surface area contributed by atoms with Crippen molar-refractivity contribution in [1.29, 1.82) is 0 Å². The third-order valence-electron chi connectivity index (χ3n) is 3.88. The number of amides is 2. The quantitative estimate of drug-likeness (QED) is 0.801. The lowest BCUT2D eigenvalue weighted by molar-refractivity contribution is 0.0239. The Morgan fingerprint density at radius 2 is 1.86 bits per heavy atom. The maximum atomic E-state index is 12.3. The third-order valence-corrected chi connectivity index (χ3v) is 4.99. The first-order valence-corrected chi connectivity index (χ1v) is 10.3. The largest absolute Gasteiger partial charge is 0.444 e. The first kappa shape index (κ1) is 20.6. The van der Waals surface area contributed by atoms with Crippen molar-refractivity contribution in [2.75, 3.05) is 0 Å². The summed E-state index contributed by atoms with van der Waals surface area (Å²) in [6, 6.07) is 8.86. The maximum Gasteiger partial charge on any atom is 0.422 e. The number of carbonyl (C=O) groups is 2. The highest BCUT2D eigenvalue weighted by molar-refractivity contribution is 7.88. The van der Waals surface area contributed by atoms with Crippen molar-refractivity contribution in [1.82, 2.24) is 18.8 Å². The molecular formula is C18H22N4O6S. The van der Waals surface area contributed by atoms with E-state index >= 15 is 0 Å². The highest BCUT2D eigenvalue weighted by Gasteiger charge is 2.32. The molecule has 1 aliphatic heterocycles. The molecule has 0 saturated carbocycles. The molecule has 2 heterocycles. The molecular weight excluding hydrogens is 400 g/mol. The van der Waals surface area contributed by atoms with E-state index < -0.39 is 28.0 Å². The molecule has 0 fully saturated rings. The summed E-state index contributed by atoms with van der Waals surface area (Å²) in [5, 5.41) is 3.97. The zero-order valence-corrected chi connectivity index (χ0v) is 17.1. The van der Waals surface area contributed by atoms with Crippen LogP contribution in [0, 0.1) is 0 Å². The van der Waals surface area contributed by atoms with Crippen molar-refractivity contribution in [3.8, 4) is 0 Å². The van der Waals surface area contributed by atoms with Crippen LogP contribution in [-0.2, 0) is 39.4 Å². The molecule has 11 heteroatoms. The summed E-state index contributed by atoms with van der Waals surface area (Å²) in [6.45, 7) is 5.49. The minimum Gasteiger partial charge on any atom is -0.444 e. The van der Waals surface area contributed by atoms with E-state index in [2.05, 4.69) is 5.10 Å². The van der Waals surface area contributed by atoms with Gasteiger partial charge in [0.1, 0.15) is 12.2 Å². The molecule has 2 amide bonds. The van der Waals surface area contributed by atoms with Crippen molar-refractivity contribution in [3.05, 3.63) is 53.3 Å². The van der Waals surface area contributed by atoms with Crippen molar-refractivity contribution < 1.29 is 27.5 Å². The summed E-state index contributed by atoms with van der Waals surface area (Å²) in [4.78, 5) is 25.4. The molecule has 0 saturated heterocycles. The third kappa shape index (κ3) is 5.25. The van der Waals surface area contributed by atoms with Gasteiger partial charge in [0.15, 0.2) is 0 Å². The van der Waals surface area contributed by atoms with E-state index in [0.29, 0.717) is 15.3 Å². The van der Waals surface area contributed by atoms with Gasteiger partial charge in [-0.05, 0) is 26.3 Å². The van der Waals surface area contributed by atoms with Crippen LogP contribution in [0.5, 0.6) is 0 Å². The van der Waals surface area contributed by atoms with Crippen molar-refractivity contribution in [2.24, 2.45) is 0 Å². The Bertz CT molecular complexity index is 987. The Balaban J connectivity index is 1.59. The van der Waals surface area contributed by atoms with Crippen LogP contribution in [0.4, 0.5) is 9.59 Å². The summed E-state index contributed by atoms with van der Waals surface area (Å²) < 4.78 is 37.4. The molecule has 10 nitrogen and oxygen atoms in total. The zero-order valence-electron chi connectivity index (χ0n) is 16.3. The molecule has 0 spiro atoms. The highest BCUT2D eigenvalue weighted by Crippen LogP contribution is 2.24. The zero-order chi connectivity index (χ0) is 21.2. The first-order valence-electron chi connectivity index (χ1n) is 8.83. The molecule has 1 aliphatic rings. The van der Waals surface area contributed by atoms with Crippen molar-refractivity contribution >= 4 is 22.4 Å². The minimum absolute atomic E-state index is 0.0668. The molecule has 0 atom stereocenters. The van der Waals surface area contributed by atoms with E-state index in [4.69, 9.17) is 9.47 Å². The minimum atomic E-state index is -4.26. The molecule has 1 aromatic heterocycles. The number of carbonyl (C=O) groups excluding carboxylic acids is 2. The Hall–Kier alpha value is -3.08. The monoisotopic (exact) mass is 422 g/mol. The Morgan fingerprint density at radius 3 is 2.48 bits per heavy atom. The van der Waals surface area contributed by atoms with Crippen LogP contribution in [0.2, 0.25) is 0 Å². The Kier molecular flexibility index (Phi) is 5.51. The molecule has 0 radical (unpaired) electrons. The molecule has 1 aromatic carbocycles. The van der Waals surface area contributed by atoms with Gasteiger partial charge in [-0.2, -0.15) is 18.2 Å². The van der Waals surface area contributed by atoms with Crippen LogP contribution in [0.3, 0.4) is 0 Å². The van der Waals surface area contributed by atoms with Gasteiger partial charge in [-0.15, -0.1) is 4.09 Å². The smallest absolute Gasteiger partial charge is 0.422 e. The summed E-state index contributed by atoms with van der Waals surface area (Å²) >= 11 is 0. The molecule has 0 aliphatic carbocycles. The van der Waals surface area contributed by atoms with Gasteiger partial charge in [0.05, 0.1) is 18.8 Å². The molecule has 0 bridgehead atoms. The van der Waals surface area contributed by atoms with Gasteiger partial charge in [-0.25, -0.2) is 9.59 Å². The van der Waals surface area contributed by atoms with Crippen molar-refractivity contribution in [2.45, 2.75) is 46.1 Å². The summed E-state index contributed by atoms with van der Waals surface area (Å²) in [5.41, 5.74) is 1.06. The number of rotatable bonds is 4. The standard InChI is InChI=1S/C18H22N4O6S/c1-18(2,3)28-17(24)21-9-14-10-22(19-15(14)11-21)29(25,26)20-16(23)27-12-13-7-5-4-6-8-13/h4-8,10H,9,11-12H2,1-3H3,(H,20,23). The second-order valence-electron chi connectivity index (χ2n) is 7.48. The number of nitrogens with zero attached hydrogens (tertiary/aromatic N) is 3. The highest BCUT2D eigenvalue weighted by atomic mass is 32.2. The second kappa shape index (κ2) is 7.74. The second-order valence-corrected chi connectivity index (χ2v) is 9.01. The van der Waals surface area contributed by atoms with E-state index in [1.807, 2.05) is 6.07 Å². The molecule has 0 unspecified atom stereocenters. The Morgan fingerprint density at radius 1 is 1.17 bits per heavy atom. The van der Waals surface area contributed by atoms with Crippen LogP contribution in [-0.4, -0.2) is 40.3 Å². The van der Waals surface area contributed by atoms with E-state index in [1.54, 1.807) is 49.8 Å². The maximum absolute atomic E-state index is 12.3. The topological polar surface area (TPSA) is 120 Å². The SMILES string of the molecule is CC(C)(C)OC(=O)N1Cc2cn(S(=O)(=O)NC(=O)OCc3ccccc3)nc2C1. The van der Waals surface area contributed by atoms with Crippen molar-refractivity contribution in [3.63, 3.8) is 0 Å². The van der Waals surface area contributed by atoms with Crippen LogP contribution < -0.4 is 4.72 Å². The molecule has 156 valence electrons. The number of aromatic nitrogens is 2. The molecule has 3 rings (SSSR count). The van der Waals surface area contributed by atoms with Gasteiger partial charge in [-0.3, -0.25) is 4.90 Å². The fraction of sp³-hybridized carbons (Fsp3) is 0.389. The molecule has 29 heavy (non-hydrogen) atoms. The molecule has 2 aromatic rings. The van der Waals surface area contributed by atoms with Gasteiger partial charge >= 0.3 is 22.4 Å². The average molecular weight is 422 g/mol. The van der Waals surface area contributed by atoms with Gasteiger partial charge in [0, 0.05) is 11.8 Å². The van der Waals surface area contributed by atoms with E-state index in [9.17, 15) is 18.0 Å². The predicted octanol–water partition coefficient (Wildman–Crippen LogP) is 2.15. The number of benzene rings is 1. The lowest BCUT2D eigenvalue weighted by atomic mass is 10.2. The van der Waals surface area contributed by atoms with Crippen LogP contribution in [0.1, 0.15) is 37.6 Å². The van der Waals surface area contributed by atoms with E-state index in [-0.39, 0.29) is 19.7 Å². The first-order chi connectivity index (χ1) is 13.5. The number of nitrogens with one attached hydrogen (secondary N) is 1. The number of ether oxygens (including phenoxy) is 2. The number of hydrogen-bond acceptors (Lipinski definition) is 7. The normalized spacial score (nSPS) is 13.7. The Labute approximate surface area is 168 Å². The number of fused-ring (bicyclic) bond motifs is 1. The fourth-order valence-corrected chi connectivity index (χ4v) is 3.45. The van der Waals surface area contributed by atoms with Gasteiger partial charge in [0.25, 0.3) is 0 Å². The van der Waals surface area contributed by atoms with Gasteiger partial charge in [0.2, 0.25) is 0 Å². The fourth-order valence-electron chi connectivity index (χ4n) is 2.61. The predicted molar refractivity (Wildman–Crippen MR) is 102 cm³/mol. The summed E-state index contributed by atoms with van der Waals surface area (Å²) in [5.74, 6) is 0. The van der Waals surface area contributed by atoms with Crippen LogP contribution in [0.25, 0.3) is 0 Å². The van der Waals surface area contributed by atoms with Gasteiger partial charge in [-0.1, -0.05) is 30.3 Å². The summed E-state index contributed by atoms with van der Waals surface area (Å²) in [7, 11) is -4.26. The van der Waals surface area contributed by atoms with Crippen LogP contribution in [0.15, 0.2) is 36.5 Å². The lowest BCUT2D eigenvalue weighted by Crippen LogP contribution is -2.36. The summed E-state index contributed by atoms with van der Waals surface area (Å²) in [6.07, 6.45) is -0.362.